The van der Waals surface area contributed by atoms with Gasteiger partial charge in [-0.1, -0.05) is 0 Å². The zero-order chi connectivity index (χ0) is 19.0. The van der Waals surface area contributed by atoms with Crippen molar-refractivity contribution < 1.29 is 23.9 Å². The van der Waals surface area contributed by atoms with Crippen molar-refractivity contribution in [2.24, 2.45) is 0 Å². The molecular formula is C19H20N2O5. The molecule has 0 N–H and O–H groups in total. The SMILES string of the molecule is Cc1nc2c(cc1N(C)C)C(=O)C1=C(C2=O)[C@H]2OC(=O)C[C@H]2OC1(C)C. The van der Waals surface area contributed by atoms with E-state index >= 15 is 0 Å². The molecule has 0 aromatic carbocycles. The first kappa shape index (κ1) is 16.9. The van der Waals surface area contributed by atoms with E-state index in [1.54, 1.807) is 26.8 Å². The molecular weight excluding hydrogens is 336 g/mol. The minimum atomic E-state index is -0.988. The van der Waals surface area contributed by atoms with Crippen LogP contribution in [-0.4, -0.2) is 54.4 Å². The van der Waals surface area contributed by atoms with Crippen molar-refractivity contribution in [1.29, 1.82) is 0 Å². The Kier molecular flexibility index (Phi) is 3.40. The van der Waals surface area contributed by atoms with Gasteiger partial charge in [0.2, 0.25) is 5.78 Å². The van der Waals surface area contributed by atoms with Gasteiger partial charge in [0.1, 0.15) is 11.8 Å². The van der Waals surface area contributed by atoms with Gasteiger partial charge in [-0.25, -0.2) is 4.98 Å². The zero-order valence-electron chi connectivity index (χ0n) is 15.4. The molecule has 0 amide bonds. The van der Waals surface area contributed by atoms with Crippen LogP contribution < -0.4 is 4.90 Å². The lowest BCUT2D eigenvalue weighted by atomic mass is 9.74. The summed E-state index contributed by atoms with van der Waals surface area (Å²) in [6.45, 7) is 5.28. The Morgan fingerprint density at radius 2 is 1.88 bits per heavy atom. The Balaban J connectivity index is 1.95. The quantitative estimate of drug-likeness (QED) is 0.707. The van der Waals surface area contributed by atoms with Gasteiger partial charge in [0.15, 0.2) is 11.9 Å². The molecule has 1 aromatic rings. The Morgan fingerprint density at radius 1 is 1.19 bits per heavy atom. The normalized spacial score (nSPS) is 26.3. The molecule has 1 saturated heterocycles. The number of pyridine rings is 1. The zero-order valence-corrected chi connectivity index (χ0v) is 15.4. The summed E-state index contributed by atoms with van der Waals surface area (Å²) in [4.78, 5) is 44.5. The highest BCUT2D eigenvalue weighted by Gasteiger charge is 2.54. The van der Waals surface area contributed by atoms with Crippen LogP contribution in [0.4, 0.5) is 5.69 Å². The number of aryl methyl sites for hydroxylation is 1. The highest BCUT2D eigenvalue weighted by atomic mass is 16.6. The Labute approximate surface area is 151 Å². The van der Waals surface area contributed by atoms with E-state index in [1.165, 1.54) is 0 Å². The summed E-state index contributed by atoms with van der Waals surface area (Å²) in [6.07, 6.45) is -1.33. The molecule has 2 atom stereocenters. The fourth-order valence-corrected chi connectivity index (χ4v) is 4.08. The number of hydrogen-bond donors (Lipinski definition) is 0. The highest BCUT2D eigenvalue weighted by Crippen LogP contribution is 2.45. The first-order valence-electron chi connectivity index (χ1n) is 8.52. The number of ether oxygens (including phenoxy) is 2. The molecule has 3 heterocycles. The molecule has 2 aliphatic heterocycles. The number of ketones is 2. The fraction of sp³-hybridized carbons (Fsp3) is 0.474. The minimum Gasteiger partial charge on any atom is -0.454 e. The molecule has 0 bridgehead atoms. The predicted octanol–water partition coefficient (Wildman–Crippen LogP) is 1.62. The first-order valence-corrected chi connectivity index (χ1v) is 8.52. The number of rotatable bonds is 1. The third kappa shape index (κ3) is 2.16. The lowest BCUT2D eigenvalue weighted by Gasteiger charge is -2.41. The molecule has 26 heavy (non-hydrogen) atoms. The molecule has 1 fully saturated rings. The smallest absolute Gasteiger partial charge is 0.309 e. The van der Waals surface area contributed by atoms with Crippen molar-refractivity contribution in [3.8, 4) is 0 Å². The van der Waals surface area contributed by atoms with Gasteiger partial charge in [0.05, 0.1) is 34.5 Å². The van der Waals surface area contributed by atoms with Crippen molar-refractivity contribution in [3.63, 3.8) is 0 Å². The summed E-state index contributed by atoms with van der Waals surface area (Å²) in [5.74, 6) is -1.08. The largest absolute Gasteiger partial charge is 0.454 e. The Hall–Kier alpha value is -2.54. The van der Waals surface area contributed by atoms with Crippen LogP contribution in [0, 0.1) is 6.92 Å². The average Bonchev–Trinajstić information content (AvgIpc) is 2.89. The summed E-state index contributed by atoms with van der Waals surface area (Å²) in [6, 6.07) is 1.70. The summed E-state index contributed by atoms with van der Waals surface area (Å²) < 4.78 is 11.3. The maximum Gasteiger partial charge on any atom is 0.309 e. The summed E-state index contributed by atoms with van der Waals surface area (Å²) >= 11 is 0. The Bertz CT molecular complexity index is 913. The number of nitrogens with zero attached hydrogens (tertiary/aromatic N) is 2. The van der Waals surface area contributed by atoms with E-state index in [-0.39, 0.29) is 40.4 Å². The molecule has 1 aromatic heterocycles. The van der Waals surface area contributed by atoms with Gasteiger partial charge in [0, 0.05) is 19.7 Å². The van der Waals surface area contributed by atoms with Crippen molar-refractivity contribution in [2.75, 3.05) is 19.0 Å². The molecule has 0 spiro atoms. The summed E-state index contributed by atoms with van der Waals surface area (Å²) in [7, 11) is 3.71. The monoisotopic (exact) mass is 356 g/mol. The number of anilines is 1. The van der Waals surface area contributed by atoms with E-state index < -0.39 is 23.8 Å². The van der Waals surface area contributed by atoms with Crippen LogP contribution in [0.2, 0.25) is 0 Å². The number of carbonyl (C=O) groups is 3. The van der Waals surface area contributed by atoms with Gasteiger partial charge in [-0.05, 0) is 26.8 Å². The molecule has 7 heteroatoms. The van der Waals surface area contributed by atoms with Crippen LogP contribution in [0.25, 0.3) is 0 Å². The van der Waals surface area contributed by atoms with Crippen LogP contribution in [0.15, 0.2) is 17.2 Å². The molecule has 0 unspecified atom stereocenters. The molecule has 1 aliphatic carbocycles. The topological polar surface area (TPSA) is 85.8 Å². The first-order chi connectivity index (χ1) is 12.1. The maximum absolute atomic E-state index is 13.3. The summed E-state index contributed by atoms with van der Waals surface area (Å²) in [5, 5.41) is 0. The van der Waals surface area contributed by atoms with Gasteiger partial charge in [0.25, 0.3) is 0 Å². The summed E-state index contributed by atoms with van der Waals surface area (Å²) in [5.41, 5.74) is 1.32. The standard InChI is InChI=1S/C19H20N2O5/c1-8-10(21(4)5)6-9-15(20-8)17(24)13-14(16(9)23)19(2,3)26-11-7-12(22)25-18(11)13/h6,11,18H,7H2,1-5H3/t11-,18+/m1/s1. The van der Waals surface area contributed by atoms with Crippen LogP contribution in [0.3, 0.4) is 0 Å². The van der Waals surface area contributed by atoms with E-state index in [0.29, 0.717) is 5.69 Å². The molecule has 3 aliphatic rings. The van der Waals surface area contributed by atoms with Crippen molar-refractivity contribution in [1.82, 2.24) is 4.98 Å². The van der Waals surface area contributed by atoms with Crippen LogP contribution in [0.5, 0.6) is 0 Å². The molecule has 136 valence electrons. The second-order valence-electron chi connectivity index (χ2n) is 7.61. The third-order valence-electron chi connectivity index (χ3n) is 5.17. The van der Waals surface area contributed by atoms with Gasteiger partial charge < -0.3 is 14.4 Å². The molecule has 7 nitrogen and oxygen atoms in total. The fourth-order valence-electron chi connectivity index (χ4n) is 4.08. The predicted molar refractivity (Wildman–Crippen MR) is 92.4 cm³/mol. The number of aromatic nitrogens is 1. The maximum atomic E-state index is 13.3. The average molecular weight is 356 g/mol. The number of fused-ring (bicyclic) bond motifs is 3. The molecule has 0 saturated carbocycles. The van der Waals surface area contributed by atoms with Crippen LogP contribution >= 0.6 is 0 Å². The van der Waals surface area contributed by atoms with E-state index in [0.717, 1.165) is 5.69 Å². The molecule has 0 radical (unpaired) electrons. The number of carbonyl (C=O) groups excluding carboxylic acids is 3. The van der Waals surface area contributed by atoms with E-state index in [2.05, 4.69) is 4.98 Å². The van der Waals surface area contributed by atoms with Gasteiger partial charge in [-0.3, -0.25) is 14.4 Å². The number of hydrogen-bond acceptors (Lipinski definition) is 7. The lowest BCUT2D eigenvalue weighted by Crippen LogP contribution is -2.50. The minimum absolute atomic E-state index is 0.0746. The van der Waals surface area contributed by atoms with E-state index in [1.807, 2.05) is 19.0 Å². The van der Waals surface area contributed by atoms with Crippen LogP contribution in [-0.2, 0) is 14.3 Å². The van der Waals surface area contributed by atoms with Crippen LogP contribution in [0.1, 0.15) is 46.8 Å². The lowest BCUT2D eigenvalue weighted by molar-refractivity contribution is -0.141. The number of Topliss-reactive ketones (excluding diaryl/α,β-unsaturated/α-hetero) is 2. The molecule has 4 rings (SSSR count). The van der Waals surface area contributed by atoms with Gasteiger partial charge in [-0.15, -0.1) is 0 Å². The van der Waals surface area contributed by atoms with E-state index in [4.69, 9.17) is 9.47 Å². The van der Waals surface area contributed by atoms with Gasteiger partial charge in [-0.2, -0.15) is 0 Å². The van der Waals surface area contributed by atoms with Crippen molar-refractivity contribution >= 4 is 23.2 Å². The van der Waals surface area contributed by atoms with Crippen molar-refractivity contribution in [3.05, 3.63) is 34.2 Å². The van der Waals surface area contributed by atoms with Gasteiger partial charge >= 0.3 is 5.97 Å². The number of esters is 1. The van der Waals surface area contributed by atoms with E-state index in [9.17, 15) is 14.4 Å². The second kappa shape index (κ2) is 5.23. The van der Waals surface area contributed by atoms with Crippen molar-refractivity contribution in [2.45, 2.75) is 45.0 Å². The Morgan fingerprint density at radius 3 is 2.54 bits per heavy atom. The highest BCUT2D eigenvalue weighted by molar-refractivity contribution is 6.27. The third-order valence-corrected chi connectivity index (χ3v) is 5.17. The second-order valence-corrected chi connectivity index (χ2v) is 7.61.